The van der Waals surface area contributed by atoms with Gasteiger partial charge >= 0.3 is 0 Å². The number of amides is 1. The van der Waals surface area contributed by atoms with E-state index in [4.69, 9.17) is 4.74 Å². The number of aryl methyl sites for hydroxylation is 1. The van der Waals surface area contributed by atoms with Gasteiger partial charge in [-0.3, -0.25) is 9.48 Å². The molecule has 4 rings (SSSR count). The Morgan fingerprint density at radius 2 is 2.15 bits per heavy atom. The van der Waals surface area contributed by atoms with Gasteiger partial charge < -0.3 is 14.5 Å². The number of ether oxygens (including phenoxy) is 1. The van der Waals surface area contributed by atoms with E-state index in [1.165, 1.54) is 19.2 Å². The summed E-state index contributed by atoms with van der Waals surface area (Å²) in [4.78, 5) is 25.0. The number of carbonyl (C=O) groups is 1. The molecule has 1 unspecified atom stereocenters. The van der Waals surface area contributed by atoms with Gasteiger partial charge in [0.15, 0.2) is 11.6 Å². The van der Waals surface area contributed by atoms with Crippen LogP contribution in [0.15, 0.2) is 31.0 Å². The molecule has 26 heavy (non-hydrogen) atoms. The fourth-order valence-electron chi connectivity index (χ4n) is 3.59. The first-order chi connectivity index (χ1) is 12.8. The number of hydrogen-bond donors (Lipinski definition) is 0. The molecule has 0 radical (unpaired) electrons. The van der Waals surface area contributed by atoms with E-state index >= 15 is 0 Å². The second-order valence-corrected chi connectivity index (χ2v) is 6.80. The summed E-state index contributed by atoms with van der Waals surface area (Å²) in [6, 6.07) is 3.89. The van der Waals surface area contributed by atoms with Gasteiger partial charge in [-0.25, -0.2) is 9.97 Å². The molecule has 2 aliphatic heterocycles. The van der Waals surface area contributed by atoms with E-state index in [1.54, 1.807) is 11.0 Å². The van der Waals surface area contributed by atoms with Crippen LogP contribution in [0.25, 0.3) is 0 Å². The molecule has 2 aromatic rings. The van der Waals surface area contributed by atoms with Crippen molar-refractivity contribution in [1.29, 1.82) is 0 Å². The smallest absolute Gasteiger partial charge is 0.224 e. The quantitative estimate of drug-likeness (QED) is 0.777. The van der Waals surface area contributed by atoms with Crippen molar-refractivity contribution in [3.63, 3.8) is 0 Å². The Labute approximate surface area is 152 Å². The maximum absolute atomic E-state index is 12.4. The third-order valence-electron chi connectivity index (χ3n) is 4.97. The average molecular weight is 356 g/mol. The van der Waals surface area contributed by atoms with Gasteiger partial charge in [-0.2, -0.15) is 5.10 Å². The first-order valence-corrected chi connectivity index (χ1v) is 9.26. The predicted molar refractivity (Wildman–Crippen MR) is 95.9 cm³/mol. The molecule has 8 heteroatoms. The summed E-state index contributed by atoms with van der Waals surface area (Å²) in [5, 5.41) is 4.03. The summed E-state index contributed by atoms with van der Waals surface area (Å²) < 4.78 is 7.90. The van der Waals surface area contributed by atoms with E-state index in [0.717, 1.165) is 37.6 Å². The largest absolute Gasteiger partial charge is 0.485 e. The minimum absolute atomic E-state index is 0.0240. The maximum Gasteiger partial charge on any atom is 0.224 e. The summed E-state index contributed by atoms with van der Waals surface area (Å²) >= 11 is 0. The molecule has 0 saturated carbocycles. The molecule has 1 amide bonds. The number of likely N-dealkylation sites (tertiary alicyclic amines) is 1. The molecular weight excluding hydrogens is 332 g/mol. The number of pyridine rings is 1. The van der Waals surface area contributed by atoms with E-state index in [9.17, 15) is 4.79 Å². The Kier molecular flexibility index (Phi) is 4.99. The Balaban J connectivity index is 1.32. The van der Waals surface area contributed by atoms with Crippen molar-refractivity contribution < 1.29 is 9.53 Å². The molecule has 8 nitrogen and oxygen atoms in total. The Morgan fingerprint density at radius 3 is 2.96 bits per heavy atom. The van der Waals surface area contributed by atoms with Crippen LogP contribution in [-0.2, 0) is 11.3 Å². The van der Waals surface area contributed by atoms with Crippen molar-refractivity contribution >= 4 is 11.7 Å². The van der Waals surface area contributed by atoms with Crippen LogP contribution in [0, 0.1) is 0 Å². The lowest BCUT2D eigenvalue weighted by molar-refractivity contribution is -0.130. The van der Waals surface area contributed by atoms with Crippen LogP contribution in [0.3, 0.4) is 0 Å². The summed E-state index contributed by atoms with van der Waals surface area (Å²) in [5.74, 6) is 1.90. The van der Waals surface area contributed by atoms with E-state index < -0.39 is 0 Å². The van der Waals surface area contributed by atoms with Crippen LogP contribution < -0.4 is 9.64 Å². The first-order valence-electron chi connectivity index (χ1n) is 9.26. The number of nitrogens with zero attached hydrogens (tertiary/aromatic N) is 6. The Bertz CT molecular complexity index is 729. The first kappa shape index (κ1) is 16.8. The Hall–Kier alpha value is -2.64. The molecule has 2 fully saturated rings. The lowest BCUT2D eigenvalue weighted by Gasteiger charge is -2.22. The normalized spacial score (nSPS) is 19.9. The molecule has 2 aromatic heterocycles. The van der Waals surface area contributed by atoms with Crippen LogP contribution in [-0.4, -0.2) is 62.8 Å². The molecule has 138 valence electrons. The van der Waals surface area contributed by atoms with Gasteiger partial charge in [0.1, 0.15) is 18.8 Å². The molecule has 0 aliphatic carbocycles. The average Bonchev–Trinajstić information content (AvgIpc) is 3.42. The Morgan fingerprint density at radius 1 is 1.27 bits per heavy atom. The van der Waals surface area contributed by atoms with Gasteiger partial charge in [0.05, 0.1) is 13.1 Å². The number of hydrogen-bond acceptors (Lipinski definition) is 6. The zero-order valence-electron chi connectivity index (χ0n) is 14.8. The molecule has 4 heterocycles. The molecular formula is C18H24N6O2. The molecule has 2 aliphatic rings. The maximum atomic E-state index is 12.4. The minimum Gasteiger partial charge on any atom is -0.485 e. The standard InChI is InChI=1S/C18H24N6O2/c25-17(6-11-24-14-19-13-21-24)23-10-5-15(12-23)26-16-4-3-7-20-18(16)22-8-1-2-9-22/h3-4,7,13-15H,1-2,5-6,8-12H2. The fourth-order valence-corrected chi connectivity index (χ4v) is 3.59. The van der Waals surface area contributed by atoms with Gasteiger partial charge in [-0.05, 0) is 25.0 Å². The molecule has 2 saturated heterocycles. The highest BCUT2D eigenvalue weighted by Crippen LogP contribution is 2.30. The highest BCUT2D eigenvalue weighted by molar-refractivity contribution is 5.76. The van der Waals surface area contributed by atoms with E-state index in [0.29, 0.717) is 19.5 Å². The molecule has 0 spiro atoms. The van der Waals surface area contributed by atoms with Crippen LogP contribution in [0.2, 0.25) is 0 Å². The van der Waals surface area contributed by atoms with Gasteiger partial charge in [0.2, 0.25) is 5.91 Å². The van der Waals surface area contributed by atoms with Gasteiger partial charge in [0.25, 0.3) is 0 Å². The minimum atomic E-state index is 0.0240. The highest BCUT2D eigenvalue weighted by Gasteiger charge is 2.28. The molecule has 0 bridgehead atoms. The number of aromatic nitrogens is 4. The van der Waals surface area contributed by atoms with Crippen molar-refractivity contribution in [1.82, 2.24) is 24.6 Å². The predicted octanol–water partition coefficient (Wildman–Crippen LogP) is 1.34. The third kappa shape index (κ3) is 3.79. The summed E-state index contributed by atoms with van der Waals surface area (Å²) in [7, 11) is 0. The third-order valence-corrected chi connectivity index (χ3v) is 4.97. The molecule has 1 atom stereocenters. The summed E-state index contributed by atoms with van der Waals surface area (Å²) in [6.45, 7) is 3.99. The van der Waals surface area contributed by atoms with E-state index in [1.807, 2.05) is 23.2 Å². The monoisotopic (exact) mass is 356 g/mol. The van der Waals surface area contributed by atoms with Gasteiger partial charge in [-0.15, -0.1) is 0 Å². The summed E-state index contributed by atoms with van der Waals surface area (Å²) in [6.07, 6.45) is 8.64. The number of anilines is 1. The second-order valence-electron chi connectivity index (χ2n) is 6.80. The lowest BCUT2D eigenvalue weighted by atomic mass is 10.3. The zero-order valence-corrected chi connectivity index (χ0v) is 14.8. The molecule has 0 N–H and O–H groups in total. The highest BCUT2D eigenvalue weighted by atomic mass is 16.5. The van der Waals surface area contributed by atoms with Crippen molar-refractivity contribution in [3.05, 3.63) is 31.0 Å². The lowest BCUT2D eigenvalue weighted by Crippen LogP contribution is -2.31. The zero-order chi connectivity index (χ0) is 17.8. The topological polar surface area (TPSA) is 76.4 Å². The van der Waals surface area contributed by atoms with Crippen LogP contribution >= 0.6 is 0 Å². The van der Waals surface area contributed by atoms with Crippen molar-refractivity contribution in [2.24, 2.45) is 0 Å². The number of rotatable bonds is 6. The van der Waals surface area contributed by atoms with Gasteiger partial charge in [0, 0.05) is 38.7 Å². The van der Waals surface area contributed by atoms with Crippen LogP contribution in [0.4, 0.5) is 5.82 Å². The number of carbonyl (C=O) groups excluding carboxylic acids is 1. The van der Waals surface area contributed by atoms with Crippen LogP contribution in [0.5, 0.6) is 5.75 Å². The second kappa shape index (κ2) is 7.72. The van der Waals surface area contributed by atoms with E-state index in [-0.39, 0.29) is 12.0 Å². The molecule has 0 aromatic carbocycles. The van der Waals surface area contributed by atoms with Crippen molar-refractivity contribution in [3.8, 4) is 5.75 Å². The fraction of sp³-hybridized carbons (Fsp3) is 0.556. The van der Waals surface area contributed by atoms with Crippen LogP contribution in [0.1, 0.15) is 25.7 Å². The van der Waals surface area contributed by atoms with Crippen molar-refractivity contribution in [2.75, 3.05) is 31.1 Å². The SMILES string of the molecule is O=C(CCn1cncn1)N1CCC(Oc2cccnc2N2CCCC2)C1. The van der Waals surface area contributed by atoms with E-state index in [2.05, 4.69) is 20.0 Å². The summed E-state index contributed by atoms with van der Waals surface area (Å²) in [5.41, 5.74) is 0. The van der Waals surface area contributed by atoms with Crippen molar-refractivity contribution in [2.45, 2.75) is 38.3 Å². The van der Waals surface area contributed by atoms with Gasteiger partial charge in [-0.1, -0.05) is 0 Å².